The van der Waals surface area contributed by atoms with Gasteiger partial charge >= 0.3 is 0 Å². The summed E-state index contributed by atoms with van der Waals surface area (Å²) in [6.45, 7) is 0. The van der Waals surface area contributed by atoms with Crippen molar-refractivity contribution < 1.29 is 4.79 Å². The minimum Gasteiger partial charge on any atom is -0.299 e. The van der Waals surface area contributed by atoms with E-state index in [9.17, 15) is 4.79 Å². The average Bonchev–Trinajstić information content (AvgIpc) is 2.67. The van der Waals surface area contributed by atoms with Crippen molar-refractivity contribution in [2.45, 2.75) is 12.8 Å². The molecule has 0 aliphatic heterocycles. The standard InChI is InChI=1S/C13H10BrClOS/c14-13-6-5-12(17-13)8-11(16)7-9-1-3-10(15)4-2-9/h1-6H,7-8H2. The van der Waals surface area contributed by atoms with Crippen LogP contribution < -0.4 is 0 Å². The SMILES string of the molecule is O=C(Cc1ccc(Cl)cc1)Cc1ccc(Br)s1. The minimum absolute atomic E-state index is 0.224. The van der Waals surface area contributed by atoms with Crippen molar-refractivity contribution in [2.24, 2.45) is 0 Å². The lowest BCUT2D eigenvalue weighted by Crippen LogP contribution is -2.05. The average molecular weight is 330 g/mol. The molecule has 2 aromatic rings. The zero-order valence-corrected chi connectivity index (χ0v) is 12.1. The molecule has 1 aromatic heterocycles. The fourth-order valence-electron chi connectivity index (χ4n) is 1.53. The van der Waals surface area contributed by atoms with Crippen molar-refractivity contribution in [2.75, 3.05) is 0 Å². The molecule has 0 bridgehead atoms. The molecule has 0 radical (unpaired) electrons. The van der Waals surface area contributed by atoms with Crippen LogP contribution in [0, 0.1) is 0 Å². The molecule has 88 valence electrons. The molecule has 0 N–H and O–H groups in total. The van der Waals surface area contributed by atoms with Gasteiger partial charge in [0.2, 0.25) is 0 Å². The zero-order valence-electron chi connectivity index (χ0n) is 8.95. The van der Waals surface area contributed by atoms with Gasteiger partial charge in [-0.05, 0) is 45.8 Å². The van der Waals surface area contributed by atoms with Gasteiger partial charge in [-0.25, -0.2) is 0 Å². The molecule has 0 amide bonds. The van der Waals surface area contributed by atoms with Gasteiger partial charge in [0.05, 0.1) is 3.79 Å². The lowest BCUT2D eigenvalue weighted by Gasteiger charge is -2.00. The van der Waals surface area contributed by atoms with Gasteiger partial charge in [0, 0.05) is 22.7 Å². The summed E-state index contributed by atoms with van der Waals surface area (Å²) in [5.41, 5.74) is 1.01. The van der Waals surface area contributed by atoms with Crippen LogP contribution in [0.15, 0.2) is 40.2 Å². The molecule has 0 saturated carbocycles. The van der Waals surface area contributed by atoms with Crippen molar-refractivity contribution in [1.29, 1.82) is 0 Å². The molecular weight excluding hydrogens is 320 g/mol. The molecule has 0 aliphatic rings. The van der Waals surface area contributed by atoms with E-state index in [1.54, 1.807) is 11.3 Å². The highest BCUT2D eigenvalue weighted by atomic mass is 79.9. The Morgan fingerprint density at radius 3 is 2.41 bits per heavy atom. The molecule has 4 heteroatoms. The maximum absolute atomic E-state index is 11.8. The molecule has 1 nitrogen and oxygen atoms in total. The molecular formula is C13H10BrClOS. The molecule has 0 spiro atoms. The van der Waals surface area contributed by atoms with E-state index in [0.29, 0.717) is 17.9 Å². The second-order valence-corrected chi connectivity index (χ2v) is 6.71. The number of carbonyl (C=O) groups is 1. The van der Waals surface area contributed by atoms with E-state index in [0.717, 1.165) is 14.2 Å². The monoisotopic (exact) mass is 328 g/mol. The number of rotatable bonds is 4. The number of Topliss-reactive ketones (excluding diaryl/α,β-unsaturated/α-hetero) is 1. The third-order valence-corrected chi connectivity index (χ3v) is 4.19. The van der Waals surface area contributed by atoms with E-state index in [-0.39, 0.29) is 5.78 Å². The van der Waals surface area contributed by atoms with Gasteiger partial charge in [-0.15, -0.1) is 11.3 Å². The first-order valence-electron chi connectivity index (χ1n) is 5.14. The van der Waals surface area contributed by atoms with Crippen LogP contribution in [0.3, 0.4) is 0 Å². The number of halogens is 2. The zero-order chi connectivity index (χ0) is 12.3. The summed E-state index contributed by atoms with van der Waals surface area (Å²) in [4.78, 5) is 12.9. The van der Waals surface area contributed by atoms with Crippen LogP contribution in [0.5, 0.6) is 0 Å². The maximum Gasteiger partial charge on any atom is 0.142 e. The van der Waals surface area contributed by atoms with Gasteiger partial charge in [0.15, 0.2) is 0 Å². The molecule has 1 heterocycles. The van der Waals surface area contributed by atoms with E-state index in [1.165, 1.54) is 0 Å². The molecule has 0 atom stereocenters. The topological polar surface area (TPSA) is 17.1 Å². The van der Waals surface area contributed by atoms with Crippen LogP contribution in [0.2, 0.25) is 5.02 Å². The first-order chi connectivity index (χ1) is 8.13. The van der Waals surface area contributed by atoms with Crippen molar-refractivity contribution in [3.8, 4) is 0 Å². The Labute approximate surface area is 118 Å². The van der Waals surface area contributed by atoms with E-state index in [2.05, 4.69) is 15.9 Å². The fraction of sp³-hybridized carbons (Fsp3) is 0.154. The van der Waals surface area contributed by atoms with Crippen LogP contribution in [-0.4, -0.2) is 5.78 Å². The summed E-state index contributed by atoms with van der Waals surface area (Å²) in [7, 11) is 0. The Kier molecular flexibility index (Phi) is 4.37. The molecule has 0 saturated heterocycles. The van der Waals surface area contributed by atoms with Crippen molar-refractivity contribution in [3.05, 3.63) is 55.6 Å². The third-order valence-electron chi connectivity index (χ3n) is 2.31. The first-order valence-corrected chi connectivity index (χ1v) is 7.12. The van der Waals surface area contributed by atoms with Gasteiger partial charge in [-0.3, -0.25) is 4.79 Å². The van der Waals surface area contributed by atoms with Crippen LogP contribution >= 0.6 is 38.9 Å². The molecule has 0 aliphatic carbocycles. The number of benzene rings is 1. The highest BCUT2D eigenvalue weighted by Gasteiger charge is 2.07. The number of hydrogen-bond acceptors (Lipinski definition) is 2. The molecule has 0 fully saturated rings. The van der Waals surface area contributed by atoms with Crippen molar-refractivity contribution >= 4 is 44.7 Å². The number of ketones is 1. The summed E-state index contributed by atoms with van der Waals surface area (Å²) in [6, 6.07) is 11.4. The Balaban J connectivity index is 1.95. The molecule has 1 aromatic carbocycles. The predicted octanol–water partition coefficient (Wildman–Crippen LogP) is 4.52. The van der Waals surface area contributed by atoms with Gasteiger partial charge in [0.1, 0.15) is 5.78 Å². The van der Waals surface area contributed by atoms with Crippen molar-refractivity contribution in [3.63, 3.8) is 0 Å². The summed E-state index contributed by atoms with van der Waals surface area (Å²) in [5, 5.41) is 0.698. The summed E-state index contributed by atoms with van der Waals surface area (Å²) in [5.74, 6) is 0.224. The van der Waals surface area contributed by atoms with Crippen LogP contribution in [0.4, 0.5) is 0 Å². The Bertz CT molecular complexity index is 518. The Morgan fingerprint density at radius 1 is 1.12 bits per heavy atom. The normalized spacial score (nSPS) is 10.5. The number of hydrogen-bond donors (Lipinski definition) is 0. The molecule has 2 rings (SSSR count). The van der Waals surface area contributed by atoms with Crippen molar-refractivity contribution in [1.82, 2.24) is 0 Å². The lowest BCUT2D eigenvalue weighted by atomic mass is 10.1. The lowest BCUT2D eigenvalue weighted by molar-refractivity contribution is -0.117. The smallest absolute Gasteiger partial charge is 0.142 e. The van der Waals surface area contributed by atoms with E-state index < -0.39 is 0 Å². The first kappa shape index (κ1) is 12.8. The fourth-order valence-corrected chi connectivity index (χ4v) is 3.17. The van der Waals surface area contributed by atoms with Crippen LogP contribution in [0.25, 0.3) is 0 Å². The van der Waals surface area contributed by atoms with E-state index in [4.69, 9.17) is 11.6 Å². The highest BCUT2D eigenvalue weighted by molar-refractivity contribution is 9.11. The number of carbonyl (C=O) groups excluding carboxylic acids is 1. The largest absolute Gasteiger partial charge is 0.299 e. The van der Waals surface area contributed by atoms with Gasteiger partial charge in [-0.1, -0.05) is 23.7 Å². The predicted molar refractivity (Wildman–Crippen MR) is 75.9 cm³/mol. The minimum atomic E-state index is 0.224. The van der Waals surface area contributed by atoms with Gasteiger partial charge in [-0.2, -0.15) is 0 Å². The summed E-state index contributed by atoms with van der Waals surface area (Å²) >= 11 is 10.8. The highest BCUT2D eigenvalue weighted by Crippen LogP contribution is 2.23. The second kappa shape index (κ2) is 5.80. The van der Waals surface area contributed by atoms with Crippen LogP contribution in [0.1, 0.15) is 10.4 Å². The summed E-state index contributed by atoms with van der Waals surface area (Å²) in [6.07, 6.45) is 0.964. The van der Waals surface area contributed by atoms with E-state index >= 15 is 0 Å². The van der Waals surface area contributed by atoms with E-state index in [1.807, 2.05) is 36.4 Å². The Hall–Kier alpha value is -0.640. The molecule has 17 heavy (non-hydrogen) atoms. The van der Waals surface area contributed by atoms with Crippen LogP contribution in [-0.2, 0) is 17.6 Å². The van der Waals surface area contributed by atoms with Gasteiger partial charge in [0.25, 0.3) is 0 Å². The summed E-state index contributed by atoms with van der Waals surface area (Å²) < 4.78 is 1.06. The maximum atomic E-state index is 11.8. The third kappa shape index (κ3) is 3.95. The quantitative estimate of drug-likeness (QED) is 0.806. The van der Waals surface area contributed by atoms with Gasteiger partial charge < -0.3 is 0 Å². The Morgan fingerprint density at radius 2 is 1.82 bits per heavy atom. The molecule has 0 unspecified atom stereocenters. The number of thiophene rings is 1. The second-order valence-electron chi connectivity index (χ2n) is 3.72.